The standard InChI is InChI=1S/C12H8Cl2FN3O3S/c1-22(20,21)12-16-5-7(14)10(18-12)11(19)17-9-6(13)3-2-4-8(9)15/h2-5H,1H3,(H,17,19). The topological polar surface area (TPSA) is 89.0 Å². The predicted molar refractivity (Wildman–Crippen MR) is 79.5 cm³/mol. The van der Waals surface area contributed by atoms with Crippen molar-refractivity contribution in [3.8, 4) is 0 Å². The molecule has 2 rings (SSSR count). The summed E-state index contributed by atoms with van der Waals surface area (Å²) in [6.07, 6.45) is 1.86. The van der Waals surface area contributed by atoms with Gasteiger partial charge < -0.3 is 5.32 Å². The Balaban J connectivity index is 2.42. The summed E-state index contributed by atoms with van der Waals surface area (Å²) in [5, 5.41) is 1.42. The van der Waals surface area contributed by atoms with Gasteiger partial charge in [-0.1, -0.05) is 29.3 Å². The van der Waals surface area contributed by atoms with Crippen LogP contribution in [0.3, 0.4) is 0 Å². The molecule has 116 valence electrons. The number of hydrogen-bond donors (Lipinski definition) is 1. The molecule has 1 heterocycles. The maximum atomic E-state index is 13.6. The van der Waals surface area contributed by atoms with Crippen molar-refractivity contribution >= 4 is 44.6 Å². The summed E-state index contributed by atoms with van der Waals surface area (Å²) >= 11 is 11.6. The second kappa shape index (κ2) is 6.15. The summed E-state index contributed by atoms with van der Waals surface area (Å²) in [6.45, 7) is 0. The lowest BCUT2D eigenvalue weighted by molar-refractivity contribution is 0.102. The molecule has 22 heavy (non-hydrogen) atoms. The van der Waals surface area contributed by atoms with E-state index in [4.69, 9.17) is 23.2 Å². The van der Waals surface area contributed by atoms with Crippen molar-refractivity contribution in [1.82, 2.24) is 9.97 Å². The molecule has 1 amide bonds. The van der Waals surface area contributed by atoms with E-state index in [9.17, 15) is 17.6 Å². The zero-order valence-electron chi connectivity index (χ0n) is 11.0. The second-order valence-corrected chi connectivity index (χ2v) is 6.90. The highest BCUT2D eigenvalue weighted by atomic mass is 35.5. The van der Waals surface area contributed by atoms with Crippen LogP contribution in [0.25, 0.3) is 0 Å². The van der Waals surface area contributed by atoms with Gasteiger partial charge in [0.2, 0.25) is 15.0 Å². The van der Waals surface area contributed by atoms with Gasteiger partial charge >= 0.3 is 0 Å². The van der Waals surface area contributed by atoms with Crippen molar-refractivity contribution in [2.24, 2.45) is 0 Å². The summed E-state index contributed by atoms with van der Waals surface area (Å²) < 4.78 is 36.4. The Morgan fingerprint density at radius 3 is 2.55 bits per heavy atom. The first kappa shape index (κ1) is 16.6. The highest BCUT2D eigenvalue weighted by molar-refractivity contribution is 7.90. The lowest BCUT2D eigenvalue weighted by Crippen LogP contribution is -2.18. The van der Waals surface area contributed by atoms with E-state index in [-0.39, 0.29) is 15.7 Å². The number of anilines is 1. The maximum Gasteiger partial charge on any atom is 0.276 e. The van der Waals surface area contributed by atoms with E-state index in [1.54, 1.807) is 0 Å². The van der Waals surface area contributed by atoms with Crippen LogP contribution in [-0.2, 0) is 9.84 Å². The van der Waals surface area contributed by atoms with Gasteiger partial charge in [0.05, 0.1) is 21.9 Å². The van der Waals surface area contributed by atoms with Crippen molar-refractivity contribution in [2.45, 2.75) is 5.16 Å². The van der Waals surface area contributed by atoms with Gasteiger partial charge in [-0.15, -0.1) is 0 Å². The first-order valence-corrected chi connectivity index (χ1v) is 8.33. The molecule has 0 aliphatic carbocycles. The van der Waals surface area contributed by atoms with Crippen LogP contribution in [0.2, 0.25) is 10.0 Å². The normalized spacial score (nSPS) is 11.3. The highest BCUT2D eigenvalue weighted by Gasteiger charge is 2.20. The molecule has 0 saturated heterocycles. The smallest absolute Gasteiger partial charge is 0.276 e. The lowest BCUT2D eigenvalue weighted by atomic mass is 10.3. The Kier molecular flexibility index (Phi) is 4.64. The molecule has 2 aromatic rings. The van der Waals surface area contributed by atoms with Crippen LogP contribution in [0.5, 0.6) is 0 Å². The summed E-state index contributed by atoms with van der Waals surface area (Å²) in [4.78, 5) is 19.2. The van der Waals surface area contributed by atoms with Gasteiger partial charge in [-0.3, -0.25) is 4.79 Å². The number of amides is 1. The maximum absolute atomic E-state index is 13.6. The number of carbonyl (C=O) groups excluding carboxylic acids is 1. The van der Waals surface area contributed by atoms with Crippen molar-refractivity contribution in [2.75, 3.05) is 11.6 Å². The minimum Gasteiger partial charge on any atom is -0.317 e. The number of halogens is 3. The molecular formula is C12H8Cl2FN3O3S. The van der Waals surface area contributed by atoms with Crippen LogP contribution in [0.15, 0.2) is 29.6 Å². The molecule has 1 aromatic heterocycles. The molecule has 0 aliphatic rings. The van der Waals surface area contributed by atoms with Gasteiger partial charge in [0.1, 0.15) is 5.82 Å². The quantitative estimate of drug-likeness (QED) is 0.846. The third kappa shape index (κ3) is 3.52. The van der Waals surface area contributed by atoms with Gasteiger partial charge in [-0.25, -0.2) is 22.8 Å². The first-order chi connectivity index (χ1) is 10.2. The number of aromatic nitrogens is 2. The molecule has 1 N–H and O–H groups in total. The van der Waals surface area contributed by atoms with Gasteiger partial charge in [0.15, 0.2) is 5.69 Å². The van der Waals surface area contributed by atoms with Gasteiger partial charge in [0.25, 0.3) is 5.91 Å². The van der Waals surface area contributed by atoms with E-state index in [0.717, 1.165) is 18.5 Å². The molecule has 0 aliphatic heterocycles. The third-order valence-corrected chi connectivity index (χ3v) is 3.92. The number of sulfone groups is 1. The molecule has 0 fully saturated rings. The van der Waals surface area contributed by atoms with Crippen molar-refractivity contribution < 1.29 is 17.6 Å². The van der Waals surface area contributed by atoms with Crippen LogP contribution >= 0.6 is 23.2 Å². The first-order valence-electron chi connectivity index (χ1n) is 5.68. The van der Waals surface area contributed by atoms with E-state index < -0.39 is 32.4 Å². The van der Waals surface area contributed by atoms with Crippen LogP contribution in [0.4, 0.5) is 10.1 Å². The average molecular weight is 364 g/mol. The summed E-state index contributed by atoms with van der Waals surface area (Å²) in [5.74, 6) is -1.67. The minimum atomic E-state index is -3.73. The van der Waals surface area contributed by atoms with Gasteiger partial charge in [-0.05, 0) is 12.1 Å². The molecule has 0 atom stereocenters. The van der Waals surface area contributed by atoms with E-state index in [1.807, 2.05) is 0 Å². The number of rotatable bonds is 3. The second-order valence-electron chi connectivity index (χ2n) is 4.17. The molecule has 10 heteroatoms. The van der Waals surface area contributed by atoms with E-state index in [2.05, 4.69) is 15.3 Å². The molecule has 0 unspecified atom stereocenters. The van der Waals surface area contributed by atoms with Crippen LogP contribution in [-0.4, -0.2) is 30.5 Å². The minimum absolute atomic E-state index is 0.0261. The molecule has 0 spiro atoms. The largest absolute Gasteiger partial charge is 0.317 e. The number of nitrogens with zero attached hydrogens (tertiary/aromatic N) is 2. The Labute approximate surface area is 135 Å². The average Bonchev–Trinajstić information content (AvgIpc) is 2.42. The Hall–Kier alpha value is -1.77. The van der Waals surface area contributed by atoms with E-state index >= 15 is 0 Å². The van der Waals surface area contributed by atoms with Crippen LogP contribution < -0.4 is 5.32 Å². The number of para-hydroxylation sites is 1. The summed E-state index contributed by atoms with van der Waals surface area (Å²) in [5.41, 5.74) is -0.666. The van der Waals surface area contributed by atoms with Gasteiger partial charge in [-0.2, -0.15) is 0 Å². The number of benzene rings is 1. The summed E-state index contributed by atoms with van der Waals surface area (Å²) in [6, 6.07) is 3.85. The monoisotopic (exact) mass is 363 g/mol. The van der Waals surface area contributed by atoms with E-state index in [0.29, 0.717) is 0 Å². The predicted octanol–water partition coefficient (Wildman–Crippen LogP) is 2.58. The Bertz CT molecular complexity index is 838. The SMILES string of the molecule is CS(=O)(=O)c1ncc(Cl)c(C(=O)Nc2c(F)cccc2Cl)n1. The van der Waals surface area contributed by atoms with Gasteiger partial charge in [0, 0.05) is 6.26 Å². The van der Waals surface area contributed by atoms with Crippen molar-refractivity contribution in [3.63, 3.8) is 0 Å². The molecule has 1 aromatic carbocycles. The fourth-order valence-corrected chi connectivity index (χ4v) is 2.37. The van der Waals surface area contributed by atoms with Crippen LogP contribution in [0.1, 0.15) is 10.5 Å². The fraction of sp³-hybridized carbons (Fsp3) is 0.0833. The zero-order valence-corrected chi connectivity index (χ0v) is 13.3. The number of nitrogens with one attached hydrogen (secondary N) is 1. The molecule has 0 radical (unpaired) electrons. The molecule has 0 saturated carbocycles. The van der Waals surface area contributed by atoms with Crippen LogP contribution in [0, 0.1) is 5.82 Å². The van der Waals surface area contributed by atoms with Crippen molar-refractivity contribution in [3.05, 3.63) is 46.0 Å². The molecular weight excluding hydrogens is 356 g/mol. The zero-order chi connectivity index (χ0) is 16.5. The molecule has 0 bridgehead atoms. The Morgan fingerprint density at radius 1 is 1.27 bits per heavy atom. The van der Waals surface area contributed by atoms with Crippen molar-refractivity contribution in [1.29, 1.82) is 0 Å². The highest BCUT2D eigenvalue weighted by Crippen LogP contribution is 2.26. The summed E-state index contributed by atoms with van der Waals surface area (Å²) in [7, 11) is -3.73. The number of carbonyl (C=O) groups is 1. The third-order valence-electron chi connectivity index (χ3n) is 2.47. The molecule has 6 nitrogen and oxygen atoms in total. The van der Waals surface area contributed by atoms with E-state index in [1.165, 1.54) is 12.1 Å². The lowest BCUT2D eigenvalue weighted by Gasteiger charge is -2.09. The fourth-order valence-electron chi connectivity index (χ4n) is 1.48. The Morgan fingerprint density at radius 2 is 1.95 bits per heavy atom. The number of hydrogen-bond acceptors (Lipinski definition) is 5.